The lowest BCUT2D eigenvalue weighted by atomic mass is 10.1. The topological polar surface area (TPSA) is 80.3 Å². The van der Waals surface area contributed by atoms with Crippen LogP contribution in [0.25, 0.3) is 11.3 Å². The fraction of sp³-hybridized carbons (Fsp3) is 0.105. The number of thiazole rings is 1. The molecule has 0 aliphatic carbocycles. The molecular weight excluding hydrogens is 386 g/mol. The fourth-order valence-corrected chi connectivity index (χ4v) is 3.18. The number of aromatic nitrogens is 1. The zero-order chi connectivity index (χ0) is 19.2. The minimum absolute atomic E-state index is 0.125. The molecule has 1 aromatic heterocycles. The first kappa shape index (κ1) is 18.9. The van der Waals surface area contributed by atoms with Gasteiger partial charge in [0.05, 0.1) is 10.7 Å². The van der Waals surface area contributed by atoms with Crippen LogP contribution in [0, 0.1) is 0 Å². The average Bonchev–Trinajstić information content (AvgIpc) is 3.09. The number of carbonyl (C=O) groups is 2. The van der Waals surface area contributed by atoms with Gasteiger partial charge in [-0.05, 0) is 24.3 Å². The summed E-state index contributed by atoms with van der Waals surface area (Å²) >= 11 is 7.31. The predicted molar refractivity (Wildman–Crippen MR) is 107 cm³/mol. The molecule has 0 saturated heterocycles. The quantitative estimate of drug-likeness (QED) is 0.639. The van der Waals surface area contributed by atoms with Crippen molar-refractivity contribution in [3.63, 3.8) is 0 Å². The van der Waals surface area contributed by atoms with Crippen LogP contribution in [-0.2, 0) is 9.59 Å². The Balaban J connectivity index is 1.58. The second kappa shape index (κ2) is 8.66. The minimum atomic E-state index is -0.322. The van der Waals surface area contributed by atoms with Gasteiger partial charge in [0.15, 0.2) is 11.7 Å². The summed E-state index contributed by atoms with van der Waals surface area (Å²) in [5.41, 5.74) is 2.33. The minimum Gasteiger partial charge on any atom is -0.482 e. The van der Waals surface area contributed by atoms with Crippen LogP contribution in [0.15, 0.2) is 53.9 Å². The smallest absolute Gasteiger partial charge is 0.264 e. The van der Waals surface area contributed by atoms with E-state index >= 15 is 0 Å². The first-order valence-corrected chi connectivity index (χ1v) is 9.28. The summed E-state index contributed by atoms with van der Waals surface area (Å²) in [7, 11) is 0. The lowest BCUT2D eigenvalue weighted by molar-refractivity contribution is -0.118. The molecule has 0 aliphatic heterocycles. The molecule has 138 valence electrons. The van der Waals surface area contributed by atoms with Gasteiger partial charge in [0, 0.05) is 23.6 Å². The molecule has 3 rings (SSSR count). The Hall–Kier alpha value is -2.90. The largest absolute Gasteiger partial charge is 0.482 e. The third-order valence-electron chi connectivity index (χ3n) is 3.45. The maximum absolute atomic E-state index is 12.0. The Bertz CT molecular complexity index is 957. The van der Waals surface area contributed by atoms with E-state index in [1.54, 1.807) is 36.4 Å². The number of benzene rings is 2. The maximum Gasteiger partial charge on any atom is 0.264 e. The van der Waals surface area contributed by atoms with Crippen LogP contribution in [-0.4, -0.2) is 23.4 Å². The summed E-state index contributed by atoms with van der Waals surface area (Å²) in [6.45, 7) is 1.29. The predicted octanol–water partition coefficient (Wildman–Crippen LogP) is 4.44. The van der Waals surface area contributed by atoms with E-state index in [9.17, 15) is 9.59 Å². The molecule has 1 heterocycles. The van der Waals surface area contributed by atoms with Crippen molar-refractivity contribution >= 4 is 45.6 Å². The molecule has 2 N–H and O–H groups in total. The molecule has 0 unspecified atom stereocenters. The highest BCUT2D eigenvalue weighted by Crippen LogP contribution is 2.26. The molecule has 27 heavy (non-hydrogen) atoms. The summed E-state index contributed by atoms with van der Waals surface area (Å²) in [4.78, 5) is 27.5. The normalized spacial score (nSPS) is 10.3. The van der Waals surface area contributed by atoms with Crippen molar-refractivity contribution in [3.8, 4) is 17.0 Å². The van der Waals surface area contributed by atoms with Crippen molar-refractivity contribution in [2.75, 3.05) is 17.2 Å². The molecule has 8 heteroatoms. The molecule has 0 radical (unpaired) electrons. The van der Waals surface area contributed by atoms with Gasteiger partial charge in [0.1, 0.15) is 5.75 Å². The van der Waals surface area contributed by atoms with E-state index < -0.39 is 0 Å². The Labute approximate surface area is 165 Å². The Morgan fingerprint density at radius 1 is 1.11 bits per heavy atom. The average molecular weight is 402 g/mol. The molecule has 2 aromatic carbocycles. The Morgan fingerprint density at radius 2 is 1.85 bits per heavy atom. The number of amides is 2. The van der Waals surface area contributed by atoms with Crippen LogP contribution in [0.1, 0.15) is 6.92 Å². The summed E-state index contributed by atoms with van der Waals surface area (Å²) in [5.74, 6) is 0.00523. The molecular formula is C19H16ClN3O3S. The van der Waals surface area contributed by atoms with E-state index in [2.05, 4.69) is 15.6 Å². The standard InChI is InChI=1S/C19H16ClN3O3S/c1-12(24)21-14-8-6-13(7-9-14)16-11-27-19(22-16)23-18(25)10-26-17-5-3-2-4-15(17)20/h2-9,11H,10H2,1H3,(H,21,24)(H,22,23,25). The zero-order valence-corrected chi connectivity index (χ0v) is 15.9. The van der Waals surface area contributed by atoms with Gasteiger partial charge in [0.2, 0.25) is 5.91 Å². The van der Waals surface area contributed by atoms with Crippen molar-refractivity contribution < 1.29 is 14.3 Å². The number of hydrogen-bond donors (Lipinski definition) is 2. The van der Waals surface area contributed by atoms with E-state index in [4.69, 9.17) is 16.3 Å². The van der Waals surface area contributed by atoms with Gasteiger partial charge in [-0.2, -0.15) is 0 Å². The summed E-state index contributed by atoms with van der Waals surface area (Å²) in [6.07, 6.45) is 0. The zero-order valence-electron chi connectivity index (χ0n) is 14.4. The van der Waals surface area contributed by atoms with E-state index in [1.165, 1.54) is 18.3 Å². The summed E-state index contributed by atoms with van der Waals surface area (Å²) in [6, 6.07) is 14.3. The first-order chi connectivity index (χ1) is 13.0. The third kappa shape index (κ3) is 5.29. The Kier molecular flexibility index (Phi) is 6.05. The number of carbonyl (C=O) groups excluding carboxylic acids is 2. The highest BCUT2D eigenvalue weighted by atomic mass is 35.5. The van der Waals surface area contributed by atoms with E-state index in [-0.39, 0.29) is 18.4 Å². The number of nitrogens with one attached hydrogen (secondary N) is 2. The van der Waals surface area contributed by atoms with Crippen LogP contribution in [0.2, 0.25) is 5.02 Å². The lowest BCUT2D eigenvalue weighted by Gasteiger charge is -2.07. The molecule has 0 bridgehead atoms. The summed E-state index contributed by atoms with van der Waals surface area (Å²) in [5, 5.41) is 8.18. The summed E-state index contributed by atoms with van der Waals surface area (Å²) < 4.78 is 5.41. The number of ether oxygens (including phenoxy) is 1. The maximum atomic E-state index is 12.0. The fourth-order valence-electron chi connectivity index (χ4n) is 2.25. The molecule has 0 spiro atoms. The van der Waals surface area contributed by atoms with E-state index in [0.717, 1.165) is 11.3 Å². The van der Waals surface area contributed by atoms with Crippen molar-refractivity contribution in [3.05, 3.63) is 58.9 Å². The first-order valence-electron chi connectivity index (χ1n) is 8.02. The number of halogens is 1. The van der Waals surface area contributed by atoms with Gasteiger partial charge in [-0.1, -0.05) is 35.9 Å². The monoisotopic (exact) mass is 401 g/mol. The van der Waals surface area contributed by atoms with Crippen LogP contribution in [0.5, 0.6) is 5.75 Å². The number of para-hydroxylation sites is 1. The second-order valence-electron chi connectivity index (χ2n) is 5.56. The third-order valence-corrected chi connectivity index (χ3v) is 4.52. The SMILES string of the molecule is CC(=O)Nc1ccc(-c2csc(NC(=O)COc3ccccc3Cl)n2)cc1. The number of anilines is 2. The van der Waals surface area contributed by atoms with Gasteiger partial charge in [-0.15, -0.1) is 11.3 Å². The number of nitrogens with zero attached hydrogens (tertiary/aromatic N) is 1. The highest BCUT2D eigenvalue weighted by Gasteiger charge is 2.10. The van der Waals surface area contributed by atoms with E-state index in [1.807, 2.05) is 17.5 Å². The number of rotatable bonds is 6. The van der Waals surface area contributed by atoms with Gasteiger partial charge in [-0.25, -0.2) is 4.98 Å². The van der Waals surface area contributed by atoms with Crippen LogP contribution < -0.4 is 15.4 Å². The Morgan fingerprint density at radius 3 is 2.56 bits per heavy atom. The van der Waals surface area contributed by atoms with Gasteiger partial charge < -0.3 is 10.1 Å². The van der Waals surface area contributed by atoms with Gasteiger partial charge in [0.25, 0.3) is 5.91 Å². The van der Waals surface area contributed by atoms with Crippen molar-refractivity contribution in [1.29, 1.82) is 0 Å². The molecule has 2 amide bonds. The highest BCUT2D eigenvalue weighted by molar-refractivity contribution is 7.14. The van der Waals surface area contributed by atoms with Crippen molar-refractivity contribution in [1.82, 2.24) is 4.98 Å². The van der Waals surface area contributed by atoms with E-state index in [0.29, 0.717) is 21.6 Å². The number of hydrogen-bond acceptors (Lipinski definition) is 5. The lowest BCUT2D eigenvalue weighted by Crippen LogP contribution is -2.20. The van der Waals surface area contributed by atoms with Gasteiger partial charge in [-0.3, -0.25) is 14.9 Å². The van der Waals surface area contributed by atoms with Crippen LogP contribution >= 0.6 is 22.9 Å². The molecule has 0 saturated carbocycles. The van der Waals surface area contributed by atoms with Gasteiger partial charge >= 0.3 is 0 Å². The second-order valence-corrected chi connectivity index (χ2v) is 6.83. The molecule has 0 atom stereocenters. The van der Waals surface area contributed by atoms with Crippen molar-refractivity contribution in [2.24, 2.45) is 0 Å². The molecule has 3 aromatic rings. The van der Waals surface area contributed by atoms with Crippen LogP contribution in [0.3, 0.4) is 0 Å². The molecule has 6 nitrogen and oxygen atoms in total. The van der Waals surface area contributed by atoms with Crippen LogP contribution in [0.4, 0.5) is 10.8 Å². The molecule has 0 aliphatic rings. The molecule has 0 fully saturated rings. The van der Waals surface area contributed by atoms with Crippen molar-refractivity contribution in [2.45, 2.75) is 6.92 Å².